The zero-order valence-corrected chi connectivity index (χ0v) is 15.6. The third kappa shape index (κ3) is 4.36. The molecule has 1 aromatic heterocycles. The van der Waals surface area contributed by atoms with Gasteiger partial charge in [0, 0.05) is 34.9 Å². The Balaban J connectivity index is 1.81. The van der Waals surface area contributed by atoms with Gasteiger partial charge in [0.05, 0.1) is 15.5 Å². The topological polar surface area (TPSA) is 119 Å². The fraction of sp³-hybridized carbons (Fsp3) is 0.0588. The average molecular weight is 403 g/mol. The molecular formula is C17H13N3O5S2. The minimum Gasteiger partial charge on any atom is -0.298 e. The van der Waals surface area contributed by atoms with Crippen LogP contribution >= 0.6 is 11.3 Å². The summed E-state index contributed by atoms with van der Waals surface area (Å²) in [6.07, 6.45) is 1.07. The summed E-state index contributed by atoms with van der Waals surface area (Å²) in [6, 6.07) is 11.7. The van der Waals surface area contributed by atoms with Gasteiger partial charge in [-0.25, -0.2) is 13.4 Å². The summed E-state index contributed by atoms with van der Waals surface area (Å²) in [5, 5.41) is 15.4. The largest absolute Gasteiger partial charge is 0.298 e. The molecule has 0 radical (unpaired) electrons. The molecule has 0 aliphatic rings. The van der Waals surface area contributed by atoms with Crippen LogP contribution in [0.5, 0.6) is 0 Å². The van der Waals surface area contributed by atoms with Crippen molar-refractivity contribution in [3.63, 3.8) is 0 Å². The number of benzene rings is 2. The lowest BCUT2D eigenvalue weighted by Gasteiger charge is -2.04. The average Bonchev–Trinajstić information content (AvgIpc) is 3.09. The van der Waals surface area contributed by atoms with E-state index in [1.807, 2.05) is 0 Å². The Labute approximate surface area is 158 Å². The van der Waals surface area contributed by atoms with E-state index in [0.29, 0.717) is 16.4 Å². The zero-order chi connectivity index (χ0) is 19.6. The monoisotopic (exact) mass is 403 g/mol. The lowest BCUT2D eigenvalue weighted by Crippen LogP contribution is -2.12. The van der Waals surface area contributed by atoms with Crippen molar-refractivity contribution in [1.82, 2.24) is 4.98 Å². The molecule has 0 bridgehead atoms. The molecule has 0 saturated carbocycles. The van der Waals surface area contributed by atoms with Gasteiger partial charge in [-0.1, -0.05) is 18.2 Å². The third-order valence-corrected chi connectivity index (χ3v) is 5.47. The summed E-state index contributed by atoms with van der Waals surface area (Å²) < 4.78 is 23.2. The number of carbonyl (C=O) groups excluding carboxylic acids is 1. The second-order valence-corrected chi connectivity index (χ2v) is 8.47. The zero-order valence-electron chi connectivity index (χ0n) is 13.9. The van der Waals surface area contributed by atoms with E-state index >= 15 is 0 Å². The number of rotatable bonds is 5. The van der Waals surface area contributed by atoms with Gasteiger partial charge in [-0.2, -0.15) is 0 Å². The Bertz CT molecular complexity index is 1140. The highest BCUT2D eigenvalue weighted by Gasteiger charge is 2.14. The van der Waals surface area contributed by atoms with Crippen LogP contribution in [-0.4, -0.2) is 30.5 Å². The first-order valence-corrected chi connectivity index (χ1v) is 10.3. The number of thiazole rings is 1. The Kier molecular flexibility index (Phi) is 5.02. The van der Waals surface area contributed by atoms with Crippen LogP contribution in [0.25, 0.3) is 11.3 Å². The van der Waals surface area contributed by atoms with Gasteiger partial charge in [-0.05, 0) is 18.2 Å². The highest BCUT2D eigenvalue weighted by Crippen LogP contribution is 2.27. The number of hydrogen-bond acceptors (Lipinski definition) is 7. The normalized spacial score (nSPS) is 11.1. The summed E-state index contributed by atoms with van der Waals surface area (Å²) in [4.78, 5) is 27.1. The molecule has 1 N–H and O–H groups in total. The fourth-order valence-corrected chi connectivity index (χ4v) is 3.66. The summed E-state index contributed by atoms with van der Waals surface area (Å²) in [5.41, 5.74) is 1.18. The van der Waals surface area contributed by atoms with Crippen LogP contribution in [0.4, 0.5) is 10.8 Å². The second kappa shape index (κ2) is 7.25. The summed E-state index contributed by atoms with van der Waals surface area (Å²) >= 11 is 1.16. The van der Waals surface area contributed by atoms with E-state index in [9.17, 15) is 23.3 Å². The van der Waals surface area contributed by atoms with E-state index < -0.39 is 20.7 Å². The maximum absolute atomic E-state index is 12.4. The Hall–Kier alpha value is -3.11. The van der Waals surface area contributed by atoms with Crippen LogP contribution in [0.1, 0.15) is 10.4 Å². The van der Waals surface area contributed by atoms with Crippen molar-refractivity contribution in [2.75, 3.05) is 11.6 Å². The molecule has 0 aliphatic heterocycles. The van der Waals surface area contributed by atoms with Gasteiger partial charge in [0.15, 0.2) is 15.0 Å². The van der Waals surface area contributed by atoms with Gasteiger partial charge in [0.1, 0.15) is 0 Å². The number of amides is 1. The maximum atomic E-state index is 12.4. The standard InChI is InChI=1S/C17H13N3O5S2/c1-27(24,25)14-7-3-5-12(9-14)16(21)19-17-18-15(10-26-17)11-4-2-6-13(8-11)20(22)23/h2-10H,1H3,(H,18,19,21). The van der Waals surface area contributed by atoms with Crippen molar-refractivity contribution in [2.45, 2.75) is 4.90 Å². The molecule has 3 rings (SSSR count). The molecule has 10 heteroatoms. The Morgan fingerprint density at radius 1 is 1.19 bits per heavy atom. The number of nitro groups is 1. The summed E-state index contributed by atoms with van der Waals surface area (Å²) in [5.74, 6) is -0.500. The predicted octanol–water partition coefficient (Wildman–Crippen LogP) is 3.37. The maximum Gasteiger partial charge on any atom is 0.270 e. The lowest BCUT2D eigenvalue weighted by molar-refractivity contribution is -0.384. The van der Waals surface area contributed by atoms with Gasteiger partial charge in [0.25, 0.3) is 11.6 Å². The molecule has 1 heterocycles. The van der Waals surface area contributed by atoms with Crippen molar-refractivity contribution >= 4 is 37.9 Å². The number of hydrogen-bond donors (Lipinski definition) is 1. The van der Waals surface area contributed by atoms with E-state index in [-0.39, 0.29) is 16.1 Å². The molecule has 8 nitrogen and oxygen atoms in total. The number of anilines is 1. The third-order valence-electron chi connectivity index (χ3n) is 3.60. The number of nitrogens with one attached hydrogen (secondary N) is 1. The van der Waals surface area contributed by atoms with Crippen LogP contribution in [0, 0.1) is 10.1 Å². The Morgan fingerprint density at radius 3 is 2.63 bits per heavy atom. The molecule has 0 atom stereocenters. The van der Waals surface area contributed by atoms with Crippen molar-refractivity contribution in [3.05, 3.63) is 69.6 Å². The highest BCUT2D eigenvalue weighted by atomic mass is 32.2. The molecule has 1 amide bonds. The van der Waals surface area contributed by atoms with E-state index in [4.69, 9.17) is 0 Å². The summed E-state index contributed by atoms with van der Waals surface area (Å²) in [6.45, 7) is 0. The molecule has 27 heavy (non-hydrogen) atoms. The molecule has 2 aromatic carbocycles. The lowest BCUT2D eigenvalue weighted by atomic mass is 10.1. The highest BCUT2D eigenvalue weighted by molar-refractivity contribution is 7.90. The molecular weight excluding hydrogens is 390 g/mol. The minimum atomic E-state index is -3.42. The van der Waals surface area contributed by atoms with Gasteiger partial charge >= 0.3 is 0 Å². The van der Waals surface area contributed by atoms with Crippen molar-refractivity contribution < 1.29 is 18.1 Å². The van der Waals surface area contributed by atoms with Crippen LogP contribution in [0.2, 0.25) is 0 Å². The van der Waals surface area contributed by atoms with Crippen LogP contribution in [-0.2, 0) is 9.84 Å². The second-order valence-electron chi connectivity index (χ2n) is 5.60. The van der Waals surface area contributed by atoms with Crippen LogP contribution in [0.3, 0.4) is 0 Å². The molecule has 0 spiro atoms. The first kappa shape index (κ1) is 18.7. The number of non-ortho nitro benzene ring substituents is 1. The number of sulfone groups is 1. The van der Waals surface area contributed by atoms with Crippen LogP contribution in [0.15, 0.2) is 58.8 Å². The first-order valence-electron chi connectivity index (χ1n) is 7.56. The molecule has 0 saturated heterocycles. The van der Waals surface area contributed by atoms with Crippen molar-refractivity contribution in [3.8, 4) is 11.3 Å². The fourth-order valence-electron chi connectivity index (χ4n) is 2.28. The van der Waals surface area contributed by atoms with Gasteiger partial charge in [-0.15, -0.1) is 11.3 Å². The van der Waals surface area contributed by atoms with E-state index in [1.165, 1.54) is 36.4 Å². The molecule has 0 unspecified atom stereocenters. The van der Waals surface area contributed by atoms with E-state index in [1.54, 1.807) is 17.5 Å². The van der Waals surface area contributed by atoms with Crippen molar-refractivity contribution in [1.29, 1.82) is 0 Å². The molecule has 3 aromatic rings. The number of nitro benzene ring substituents is 1. The van der Waals surface area contributed by atoms with Crippen molar-refractivity contribution in [2.24, 2.45) is 0 Å². The van der Waals surface area contributed by atoms with Gasteiger partial charge in [0.2, 0.25) is 0 Å². The summed E-state index contributed by atoms with van der Waals surface area (Å²) in [7, 11) is -3.42. The van der Waals surface area contributed by atoms with Gasteiger partial charge in [-0.3, -0.25) is 20.2 Å². The Morgan fingerprint density at radius 2 is 1.93 bits per heavy atom. The first-order chi connectivity index (χ1) is 12.7. The number of nitrogens with zero attached hydrogens (tertiary/aromatic N) is 2. The quantitative estimate of drug-likeness (QED) is 0.515. The molecule has 0 fully saturated rings. The number of aromatic nitrogens is 1. The molecule has 0 aliphatic carbocycles. The SMILES string of the molecule is CS(=O)(=O)c1cccc(C(=O)Nc2nc(-c3cccc([N+](=O)[O-])c3)cs2)c1. The number of carbonyl (C=O) groups is 1. The van der Waals surface area contributed by atoms with E-state index in [2.05, 4.69) is 10.3 Å². The smallest absolute Gasteiger partial charge is 0.270 e. The van der Waals surface area contributed by atoms with E-state index in [0.717, 1.165) is 17.6 Å². The van der Waals surface area contributed by atoms with Gasteiger partial charge < -0.3 is 0 Å². The van der Waals surface area contributed by atoms with Crippen LogP contribution < -0.4 is 5.32 Å². The molecule has 138 valence electrons. The minimum absolute atomic E-state index is 0.0478. The predicted molar refractivity (Wildman–Crippen MR) is 102 cm³/mol.